The monoisotopic (exact) mass is 389 g/mol. The number of hydrogen-bond donors (Lipinski definition) is 0. The van der Waals surface area contributed by atoms with E-state index in [1.54, 1.807) is 11.0 Å². The van der Waals surface area contributed by atoms with Crippen molar-refractivity contribution >= 4 is 44.4 Å². The normalized spacial score (nSPS) is 11.2. The zero-order chi connectivity index (χ0) is 18.5. The minimum absolute atomic E-state index is 0.000214. The molecule has 2 aromatic carbocycles. The Morgan fingerprint density at radius 3 is 2.65 bits per heavy atom. The first kappa shape index (κ1) is 18.8. The fourth-order valence-corrected chi connectivity index (χ4v) is 4.20. The fourth-order valence-electron chi connectivity index (χ4n) is 2.37. The third kappa shape index (κ3) is 4.81. The second kappa shape index (κ2) is 8.62. The molecule has 0 saturated heterocycles. The average Bonchev–Trinajstić information content (AvgIpc) is 3.03. The van der Waals surface area contributed by atoms with E-state index in [0.717, 1.165) is 16.1 Å². The SMILES string of the molecule is CN(C)CCN(C(=O)CSc1ccccc1)c1nc2ccc(F)cc2s1. The van der Waals surface area contributed by atoms with Gasteiger partial charge in [-0.05, 0) is 44.4 Å². The Kier molecular flexibility index (Phi) is 6.24. The van der Waals surface area contributed by atoms with Crippen LogP contribution in [0.3, 0.4) is 0 Å². The molecule has 0 aliphatic rings. The number of thioether (sulfide) groups is 1. The second-order valence-corrected chi connectivity index (χ2v) is 8.12. The summed E-state index contributed by atoms with van der Waals surface area (Å²) in [4.78, 5) is 22.2. The Morgan fingerprint density at radius 1 is 1.15 bits per heavy atom. The highest BCUT2D eigenvalue weighted by Crippen LogP contribution is 2.30. The standard InChI is InChI=1S/C19H20FN3OS2/c1-22(2)10-11-23(18(24)13-25-15-6-4-3-5-7-15)19-21-16-9-8-14(20)12-17(16)26-19/h3-9,12H,10-11,13H2,1-2H3. The number of carbonyl (C=O) groups is 1. The second-order valence-electron chi connectivity index (χ2n) is 6.06. The molecular formula is C19H20FN3OS2. The first-order valence-electron chi connectivity index (χ1n) is 8.22. The molecule has 3 rings (SSSR count). The number of benzene rings is 2. The largest absolute Gasteiger partial charge is 0.308 e. The summed E-state index contributed by atoms with van der Waals surface area (Å²) >= 11 is 2.85. The van der Waals surface area contributed by atoms with Gasteiger partial charge in [0, 0.05) is 18.0 Å². The summed E-state index contributed by atoms with van der Waals surface area (Å²) in [5.74, 6) is 0.0422. The van der Waals surface area contributed by atoms with Gasteiger partial charge in [0.15, 0.2) is 5.13 Å². The molecule has 1 aromatic heterocycles. The molecule has 7 heteroatoms. The maximum Gasteiger partial charge on any atom is 0.239 e. The number of halogens is 1. The molecule has 0 aliphatic heterocycles. The number of likely N-dealkylation sites (N-methyl/N-ethyl adjacent to an activating group) is 1. The van der Waals surface area contributed by atoms with Gasteiger partial charge in [-0.15, -0.1) is 11.8 Å². The van der Waals surface area contributed by atoms with Gasteiger partial charge in [0.1, 0.15) is 5.82 Å². The van der Waals surface area contributed by atoms with Crippen molar-refractivity contribution in [1.29, 1.82) is 0 Å². The summed E-state index contributed by atoms with van der Waals surface area (Å²) in [5.41, 5.74) is 0.713. The van der Waals surface area contributed by atoms with Gasteiger partial charge in [-0.25, -0.2) is 9.37 Å². The minimum Gasteiger partial charge on any atom is -0.308 e. The van der Waals surface area contributed by atoms with E-state index in [0.29, 0.717) is 22.9 Å². The molecule has 0 N–H and O–H groups in total. The number of thiazole rings is 1. The summed E-state index contributed by atoms with van der Waals surface area (Å²) in [6.07, 6.45) is 0. The number of aromatic nitrogens is 1. The third-order valence-electron chi connectivity index (χ3n) is 3.75. The summed E-state index contributed by atoms with van der Waals surface area (Å²) in [7, 11) is 3.93. The highest BCUT2D eigenvalue weighted by Gasteiger charge is 2.20. The van der Waals surface area contributed by atoms with E-state index >= 15 is 0 Å². The first-order chi connectivity index (χ1) is 12.5. The van der Waals surface area contributed by atoms with Crippen molar-refractivity contribution in [2.45, 2.75) is 4.90 Å². The fraction of sp³-hybridized carbons (Fsp3) is 0.263. The number of nitrogens with zero attached hydrogens (tertiary/aromatic N) is 3. The van der Waals surface area contributed by atoms with Crippen molar-refractivity contribution < 1.29 is 9.18 Å². The summed E-state index contributed by atoms with van der Waals surface area (Å²) in [6, 6.07) is 14.4. The van der Waals surface area contributed by atoms with Gasteiger partial charge in [-0.3, -0.25) is 9.69 Å². The van der Waals surface area contributed by atoms with Gasteiger partial charge in [0.05, 0.1) is 16.0 Å². The lowest BCUT2D eigenvalue weighted by atomic mass is 10.3. The lowest BCUT2D eigenvalue weighted by molar-refractivity contribution is -0.116. The van der Waals surface area contributed by atoms with Gasteiger partial charge in [-0.2, -0.15) is 0 Å². The van der Waals surface area contributed by atoms with Crippen LogP contribution < -0.4 is 4.90 Å². The quantitative estimate of drug-likeness (QED) is 0.570. The number of fused-ring (bicyclic) bond motifs is 1. The van der Waals surface area contributed by atoms with Crippen LogP contribution in [-0.2, 0) is 4.79 Å². The predicted molar refractivity (Wildman–Crippen MR) is 108 cm³/mol. The highest BCUT2D eigenvalue weighted by atomic mass is 32.2. The van der Waals surface area contributed by atoms with Crippen LogP contribution in [0.1, 0.15) is 0 Å². The molecule has 4 nitrogen and oxygen atoms in total. The molecule has 0 unspecified atom stereocenters. The third-order valence-corrected chi connectivity index (χ3v) is 5.79. The number of rotatable bonds is 7. The molecule has 26 heavy (non-hydrogen) atoms. The molecule has 0 aliphatic carbocycles. The van der Waals surface area contributed by atoms with Crippen LogP contribution in [0, 0.1) is 5.82 Å². The summed E-state index contributed by atoms with van der Waals surface area (Å²) in [5, 5.41) is 0.617. The maximum absolute atomic E-state index is 13.5. The van der Waals surface area contributed by atoms with Crippen molar-refractivity contribution in [3.8, 4) is 0 Å². The van der Waals surface area contributed by atoms with Gasteiger partial charge in [0.2, 0.25) is 5.91 Å². The van der Waals surface area contributed by atoms with Crippen LogP contribution in [0.4, 0.5) is 9.52 Å². The van der Waals surface area contributed by atoms with Crippen LogP contribution in [-0.4, -0.2) is 48.7 Å². The van der Waals surface area contributed by atoms with E-state index in [1.165, 1.54) is 35.2 Å². The Labute approximate surface area is 160 Å². The minimum atomic E-state index is -0.293. The van der Waals surface area contributed by atoms with Crippen LogP contribution >= 0.6 is 23.1 Å². The molecule has 0 spiro atoms. The average molecular weight is 390 g/mol. The van der Waals surface area contributed by atoms with Crippen molar-refractivity contribution in [2.75, 3.05) is 37.8 Å². The Hall–Kier alpha value is -1.96. The number of carbonyl (C=O) groups excluding carboxylic acids is 1. The molecule has 0 saturated carbocycles. The lowest BCUT2D eigenvalue weighted by Crippen LogP contribution is -2.37. The van der Waals surface area contributed by atoms with E-state index in [4.69, 9.17) is 0 Å². The predicted octanol–water partition coefficient (Wildman–Crippen LogP) is 4.12. The molecule has 0 fully saturated rings. The maximum atomic E-state index is 13.5. The van der Waals surface area contributed by atoms with Gasteiger partial charge >= 0.3 is 0 Å². The van der Waals surface area contributed by atoms with E-state index in [2.05, 4.69) is 4.98 Å². The number of anilines is 1. The number of amides is 1. The Bertz CT molecular complexity index is 883. The molecule has 136 valence electrons. The summed E-state index contributed by atoms with van der Waals surface area (Å²) < 4.78 is 14.2. The van der Waals surface area contributed by atoms with Gasteiger partial charge < -0.3 is 4.90 Å². The Morgan fingerprint density at radius 2 is 1.92 bits per heavy atom. The smallest absolute Gasteiger partial charge is 0.239 e. The number of hydrogen-bond acceptors (Lipinski definition) is 5. The van der Waals surface area contributed by atoms with Crippen LogP contribution in [0.25, 0.3) is 10.2 Å². The first-order valence-corrected chi connectivity index (χ1v) is 10.0. The molecule has 1 amide bonds. The van der Waals surface area contributed by atoms with E-state index < -0.39 is 0 Å². The van der Waals surface area contributed by atoms with Crippen molar-refractivity contribution in [2.24, 2.45) is 0 Å². The zero-order valence-electron chi connectivity index (χ0n) is 14.7. The van der Waals surface area contributed by atoms with Crippen LogP contribution in [0.15, 0.2) is 53.4 Å². The molecule has 3 aromatic rings. The topological polar surface area (TPSA) is 36.4 Å². The van der Waals surface area contributed by atoms with Gasteiger partial charge in [-0.1, -0.05) is 29.5 Å². The van der Waals surface area contributed by atoms with Gasteiger partial charge in [0.25, 0.3) is 0 Å². The molecule has 0 radical (unpaired) electrons. The summed E-state index contributed by atoms with van der Waals surface area (Å²) in [6.45, 7) is 1.27. The van der Waals surface area contributed by atoms with E-state index in [9.17, 15) is 9.18 Å². The van der Waals surface area contributed by atoms with E-state index in [-0.39, 0.29) is 11.7 Å². The molecular weight excluding hydrogens is 369 g/mol. The van der Waals surface area contributed by atoms with Crippen molar-refractivity contribution in [3.63, 3.8) is 0 Å². The van der Waals surface area contributed by atoms with E-state index in [1.807, 2.05) is 49.3 Å². The van der Waals surface area contributed by atoms with Crippen molar-refractivity contribution in [1.82, 2.24) is 9.88 Å². The molecule has 0 atom stereocenters. The van der Waals surface area contributed by atoms with Crippen LogP contribution in [0.2, 0.25) is 0 Å². The highest BCUT2D eigenvalue weighted by molar-refractivity contribution is 8.00. The molecule has 0 bridgehead atoms. The zero-order valence-corrected chi connectivity index (χ0v) is 16.3. The lowest BCUT2D eigenvalue weighted by Gasteiger charge is -2.21. The Balaban J connectivity index is 1.79. The molecule has 1 heterocycles. The van der Waals surface area contributed by atoms with Crippen molar-refractivity contribution in [3.05, 3.63) is 54.3 Å². The van der Waals surface area contributed by atoms with Crippen LogP contribution in [0.5, 0.6) is 0 Å².